The number of aromatic nitrogens is 1. The highest BCUT2D eigenvalue weighted by molar-refractivity contribution is 5.93. The predicted molar refractivity (Wildman–Crippen MR) is 77.9 cm³/mol. The minimum absolute atomic E-state index is 0.0314. The lowest BCUT2D eigenvalue weighted by molar-refractivity contribution is -0.116. The maximum Gasteiger partial charge on any atom is 0.224 e. The molecule has 0 aliphatic carbocycles. The van der Waals surface area contributed by atoms with Gasteiger partial charge in [-0.25, -0.2) is 0 Å². The number of carbonyl (C=O) groups excluding carboxylic acids is 1. The highest BCUT2D eigenvalue weighted by atomic mass is 16.1. The average Bonchev–Trinajstić information content (AvgIpc) is 2.38. The molecular formula is C15H19N3O. The van der Waals surface area contributed by atoms with Crippen LogP contribution in [0.2, 0.25) is 0 Å². The van der Waals surface area contributed by atoms with Gasteiger partial charge in [-0.05, 0) is 44.0 Å². The fourth-order valence-electron chi connectivity index (χ4n) is 1.96. The smallest absolute Gasteiger partial charge is 0.224 e. The first-order chi connectivity index (χ1) is 9.15. The summed E-state index contributed by atoms with van der Waals surface area (Å²) in [6, 6.07) is 9.74. The van der Waals surface area contributed by atoms with Crippen molar-refractivity contribution in [1.82, 2.24) is 4.98 Å². The predicted octanol–water partition coefficient (Wildman–Crippen LogP) is 2.69. The van der Waals surface area contributed by atoms with E-state index in [4.69, 9.17) is 5.73 Å². The van der Waals surface area contributed by atoms with E-state index in [0.717, 1.165) is 29.4 Å². The van der Waals surface area contributed by atoms with Crippen molar-refractivity contribution in [3.05, 3.63) is 36.5 Å². The first-order valence-electron chi connectivity index (χ1n) is 6.55. The number of fused-ring (bicyclic) bond motifs is 1. The summed E-state index contributed by atoms with van der Waals surface area (Å²) in [5, 5.41) is 3.92. The summed E-state index contributed by atoms with van der Waals surface area (Å²) >= 11 is 0. The van der Waals surface area contributed by atoms with E-state index in [1.807, 2.05) is 37.3 Å². The van der Waals surface area contributed by atoms with E-state index >= 15 is 0 Å². The molecule has 100 valence electrons. The monoisotopic (exact) mass is 257 g/mol. The Morgan fingerprint density at radius 2 is 2.26 bits per heavy atom. The molecule has 0 radical (unpaired) electrons. The zero-order valence-corrected chi connectivity index (χ0v) is 11.1. The number of nitrogens with zero attached hydrogens (tertiary/aromatic N) is 1. The largest absolute Gasteiger partial charge is 0.328 e. The van der Waals surface area contributed by atoms with E-state index in [9.17, 15) is 4.79 Å². The number of hydrogen-bond acceptors (Lipinski definition) is 3. The lowest BCUT2D eigenvalue weighted by atomic mass is 10.1. The van der Waals surface area contributed by atoms with Gasteiger partial charge in [-0.15, -0.1) is 0 Å². The third kappa shape index (κ3) is 4.03. The van der Waals surface area contributed by atoms with Gasteiger partial charge in [0.1, 0.15) is 0 Å². The molecule has 0 spiro atoms. The second-order valence-electron chi connectivity index (χ2n) is 4.83. The molecular weight excluding hydrogens is 238 g/mol. The molecule has 1 heterocycles. The maximum atomic E-state index is 11.8. The number of nitrogens with two attached hydrogens (primary N) is 1. The van der Waals surface area contributed by atoms with Gasteiger partial charge in [0.05, 0.1) is 5.52 Å². The van der Waals surface area contributed by atoms with Crippen LogP contribution in [0, 0.1) is 0 Å². The quantitative estimate of drug-likeness (QED) is 0.865. The number of amides is 1. The second kappa shape index (κ2) is 6.29. The molecule has 4 nitrogen and oxygen atoms in total. The lowest BCUT2D eigenvalue weighted by Crippen LogP contribution is -2.16. The second-order valence-corrected chi connectivity index (χ2v) is 4.83. The van der Waals surface area contributed by atoms with Crippen molar-refractivity contribution in [3.8, 4) is 0 Å². The Morgan fingerprint density at radius 3 is 3.05 bits per heavy atom. The topological polar surface area (TPSA) is 68.0 Å². The van der Waals surface area contributed by atoms with Crippen molar-refractivity contribution in [2.24, 2.45) is 5.73 Å². The van der Waals surface area contributed by atoms with Crippen LogP contribution in [0.15, 0.2) is 36.5 Å². The number of benzene rings is 1. The molecule has 2 rings (SSSR count). The summed E-state index contributed by atoms with van der Waals surface area (Å²) in [7, 11) is 0. The molecule has 4 heteroatoms. The Hall–Kier alpha value is -1.94. The van der Waals surface area contributed by atoms with Crippen molar-refractivity contribution in [1.29, 1.82) is 0 Å². The fraction of sp³-hybridized carbons (Fsp3) is 0.333. The van der Waals surface area contributed by atoms with Crippen LogP contribution < -0.4 is 11.1 Å². The van der Waals surface area contributed by atoms with Crippen LogP contribution in [0.5, 0.6) is 0 Å². The van der Waals surface area contributed by atoms with E-state index in [1.54, 1.807) is 6.20 Å². The zero-order valence-electron chi connectivity index (χ0n) is 11.1. The Kier molecular flexibility index (Phi) is 4.47. The minimum atomic E-state index is 0.0314. The van der Waals surface area contributed by atoms with E-state index in [2.05, 4.69) is 10.3 Å². The molecule has 0 saturated heterocycles. The minimum Gasteiger partial charge on any atom is -0.328 e. The van der Waals surface area contributed by atoms with Gasteiger partial charge < -0.3 is 11.1 Å². The van der Waals surface area contributed by atoms with Gasteiger partial charge in [-0.2, -0.15) is 0 Å². The molecule has 19 heavy (non-hydrogen) atoms. The van der Waals surface area contributed by atoms with Crippen molar-refractivity contribution < 1.29 is 4.79 Å². The van der Waals surface area contributed by atoms with Gasteiger partial charge in [-0.1, -0.05) is 6.07 Å². The SMILES string of the molecule is CC(N)CCCC(=O)Nc1ccc2ncccc2c1. The highest BCUT2D eigenvalue weighted by Gasteiger charge is 2.04. The van der Waals surface area contributed by atoms with Gasteiger partial charge in [-0.3, -0.25) is 9.78 Å². The van der Waals surface area contributed by atoms with Crippen molar-refractivity contribution >= 4 is 22.5 Å². The van der Waals surface area contributed by atoms with Crippen molar-refractivity contribution in [2.45, 2.75) is 32.2 Å². The first kappa shape index (κ1) is 13.5. The first-order valence-corrected chi connectivity index (χ1v) is 6.55. The van der Waals surface area contributed by atoms with Crippen LogP contribution in [0.25, 0.3) is 10.9 Å². The highest BCUT2D eigenvalue weighted by Crippen LogP contribution is 2.17. The molecule has 1 amide bonds. The van der Waals surface area contributed by atoms with Crippen LogP contribution >= 0.6 is 0 Å². The van der Waals surface area contributed by atoms with Crippen molar-refractivity contribution in [3.63, 3.8) is 0 Å². The van der Waals surface area contributed by atoms with Crippen LogP contribution in [-0.4, -0.2) is 16.9 Å². The number of nitrogens with one attached hydrogen (secondary N) is 1. The van der Waals surface area contributed by atoms with Crippen LogP contribution in [0.4, 0.5) is 5.69 Å². The van der Waals surface area contributed by atoms with Gasteiger partial charge in [0.25, 0.3) is 0 Å². The third-order valence-electron chi connectivity index (χ3n) is 2.95. The Morgan fingerprint density at radius 1 is 1.42 bits per heavy atom. The third-order valence-corrected chi connectivity index (χ3v) is 2.95. The molecule has 1 aromatic carbocycles. The molecule has 1 unspecified atom stereocenters. The van der Waals surface area contributed by atoms with Crippen LogP contribution in [0.3, 0.4) is 0 Å². The van der Waals surface area contributed by atoms with E-state index in [0.29, 0.717) is 6.42 Å². The molecule has 1 aromatic heterocycles. The van der Waals surface area contributed by atoms with Gasteiger partial charge in [0, 0.05) is 29.7 Å². The molecule has 0 aliphatic heterocycles. The standard InChI is InChI=1S/C15H19N3O/c1-11(16)4-2-6-15(19)18-13-7-8-14-12(10-13)5-3-9-17-14/h3,5,7-11H,2,4,6,16H2,1H3,(H,18,19). The summed E-state index contributed by atoms with van der Waals surface area (Å²) in [6.07, 6.45) is 3.95. The lowest BCUT2D eigenvalue weighted by Gasteiger charge is -2.07. The Labute approximate surface area is 113 Å². The van der Waals surface area contributed by atoms with E-state index < -0.39 is 0 Å². The molecule has 1 atom stereocenters. The van der Waals surface area contributed by atoms with Crippen LogP contribution in [0.1, 0.15) is 26.2 Å². The molecule has 0 aliphatic rings. The number of hydrogen-bond donors (Lipinski definition) is 2. The summed E-state index contributed by atoms with van der Waals surface area (Å²) < 4.78 is 0. The number of anilines is 1. The van der Waals surface area contributed by atoms with Crippen molar-refractivity contribution in [2.75, 3.05) is 5.32 Å². The summed E-state index contributed by atoms with van der Waals surface area (Å²) in [5.74, 6) is 0.0314. The Balaban J connectivity index is 1.95. The number of pyridine rings is 1. The van der Waals surface area contributed by atoms with Gasteiger partial charge in [0.15, 0.2) is 0 Å². The van der Waals surface area contributed by atoms with Gasteiger partial charge in [0.2, 0.25) is 5.91 Å². The molecule has 0 saturated carbocycles. The summed E-state index contributed by atoms with van der Waals surface area (Å²) in [6.45, 7) is 1.95. The number of rotatable bonds is 5. The van der Waals surface area contributed by atoms with Crippen LogP contribution in [-0.2, 0) is 4.79 Å². The van der Waals surface area contributed by atoms with E-state index in [-0.39, 0.29) is 11.9 Å². The fourth-order valence-corrected chi connectivity index (χ4v) is 1.96. The van der Waals surface area contributed by atoms with E-state index in [1.165, 1.54) is 0 Å². The number of carbonyl (C=O) groups is 1. The average molecular weight is 257 g/mol. The zero-order chi connectivity index (χ0) is 13.7. The molecule has 0 fully saturated rings. The summed E-state index contributed by atoms with van der Waals surface area (Å²) in [4.78, 5) is 16.0. The molecule has 0 bridgehead atoms. The molecule has 2 aromatic rings. The maximum absolute atomic E-state index is 11.8. The Bertz CT molecular complexity index is 566. The summed E-state index contributed by atoms with van der Waals surface area (Å²) in [5.41, 5.74) is 7.39. The molecule has 3 N–H and O–H groups in total. The normalized spacial score (nSPS) is 12.3. The van der Waals surface area contributed by atoms with Gasteiger partial charge >= 0.3 is 0 Å².